The molecule has 0 saturated carbocycles. The second kappa shape index (κ2) is 15.2. The second-order valence-electron chi connectivity index (χ2n) is 3.05. The van der Waals surface area contributed by atoms with Crippen molar-refractivity contribution in [3.05, 3.63) is 73.1 Å². The van der Waals surface area contributed by atoms with Crippen molar-refractivity contribution in [1.82, 2.24) is 0 Å². The highest BCUT2D eigenvalue weighted by atomic mass is 16.5. The first kappa shape index (κ1) is 18.6. The van der Waals surface area contributed by atoms with E-state index >= 15 is 0 Å². The van der Waals surface area contributed by atoms with Gasteiger partial charge in [-0.2, -0.15) is 0 Å². The van der Waals surface area contributed by atoms with Crippen molar-refractivity contribution in [2.24, 2.45) is 0 Å². The van der Waals surface area contributed by atoms with E-state index in [0.29, 0.717) is 6.61 Å². The van der Waals surface area contributed by atoms with Crippen LogP contribution in [0.1, 0.15) is 27.7 Å². The summed E-state index contributed by atoms with van der Waals surface area (Å²) < 4.78 is 5.62. The van der Waals surface area contributed by atoms with E-state index in [9.17, 15) is 0 Å². The summed E-state index contributed by atoms with van der Waals surface area (Å²) in [6.07, 6.45) is 15.0. The molecular weight excluding hydrogens is 220 g/mol. The molecule has 18 heavy (non-hydrogen) atoms. The van der Waals surface area contributed by atoms with Gasteiger partial charge >= 0.3 is 0 Å². The zero-order valence-electron chi connectivity index (χ0n) is 12.1. The summed E-state index contributed by atoms with van der Waals surface area (Å²) in [4.78, 5) is 0. The maximum Gasteiger partial charge on any atom is 0.119 e. The van der Waals surface area contributed by atoms with E-state index in [2.05, 4.69) is 13.2 Å². The van der Waals surface area contributed by atoms with Crippen LogP contribution >= 0.6 is 0 Å². The van der Waals surface area contributed by atoms with E-state index in [1.54, 1.807) is 12.2 Å². The highest BCUT2D eigenvalue weighted by Crippen LogP contribution is 2.05. The zero-order chi connectivity index (χ0) is 14.2. The molecule has 0 bridgehead atoms. The van der Waals surface area contributed by atoms with E-state index in [1.165, 1.54) is 0 Å². The van der Waals surface area contributed by atoms with Crippen molar-refractivity contribution >= 4 is 0 Å². The monoisotopic (exact) mass is 246 g/mol. The van der Waals surface area contributed by atoms with Gasteiger partial charge in [0.2, 0.25) is 0 Å². The summed E-state index contributed by atoms with van der Waals surface area (Å²) >= 11 is 0. The lowest BCUT2D eigenvalue weighted by Crippen LogP contribution is -1.95. The van der Waals surface area contributed by atoms with Crippen LogP contribution in [0.2, 0.25) is 0 Å². The molecule has 0 spiro atoms. The van der Waals surface area contributed by atoms with Crippen LogP contribution in [0.5, 0.6) is 0 Å². The Hall–Kier alpha value is -1.76. The van der Waals surface area contributed by atoms with Crippen LogP contribution in [0, 0.1) is 0 Å². The maximum absolute atomic E-state index is 5.62. The second-order valence-corrected chi connectivity index (χ2v) is 3.05. The van der Waals surface area contributed by atoms with Gasteiger partial charge in [-0.05, 0) is 31.6 Å². The molecule has 0 rings (SSSR count). The van der Waals surface area contributed by atoms with Crippen molar-refractivity contribution in [1.29, 1.82) is 0 Å². The minimum atomic E-state index is 0.546. The van der Waals surface area contributed by atoms with Crippen molar-refractivity contribution < 1.29 is 4.74 Å². The van der Waals surface area contributed by atoms with Gasteiger partial charge in [0.05, 0.1) is 0 Å². The predicted molar refractivity (Wildman–Crippen MR) is 83.5 cm³/mol. The first-order chi connectivity index (χ1) is 8.78. The molecule has 0 aromatic rings. The smallest absolute Gasteiger partial charge is 0.119 e. The van der Waals surface area contributed by atoms with Gasteiger partial charge in [0.1, 0.15) is 12.4 Å². The Morgan fingerprint density at radius 3 is 2.17 bits per heavy atom. The highest BCUT2D eigenvalue weighted by molar-refractivity contribution is 5.23. The molecule has 0 amide bonds. The molecule has 1 heteroatoms. The molecular formula is C17H26O. The number of ether oxygens (including phenoxy) is 1. The van der Waals surface area contributed by atoms with Crippen LogP contribution in [0.3, 0.4) is 0 Å². The highest BCUT2D eigenvalue weighted by Gasteiger charge is 1.94. The molecule has 0 aliphatic heterocycles. The Morgan fingerprint density at radius 2 is 1.72 bits per heavy atom. The van der Waals surface area contributed by atoms with Crippen LogP contribution in [0.25, 0.3) is 0 Å². The van der Waals surface area contributed by atoms with Crippen LogP contribution in [0.4, 0.5) is 0 Å². The van der Waals surface area contributed by atoms with Gasteiger partial charge in [-0.3, -0.25) is 0 Å². The van der Waals surface area contributed by atoms with Crippen LogP contribution in [-0.2, 0) is 4.74 Å². The quantitative estimate of drug-likeness (QED) is 0.434. The van der Waals surface area contributed by atoms with Crippen LogP contribution in [-0.4, -0.2) is 6.61 Å². The average Bonchev–Trinajstić information content (AvgIpc) is 2.41. The van der Waals surface area contributed by atoms with E-state index in [4.69, 9.17) is 4.74 Å². The SMILES string of the molecule is C=C/C=C\C(=C/C)COC(/C=C\C)=C/C=C.CC. The van der Waals surface area contributed by atoms with Crippen molar-refractivity contribution in [3.63, 3.8) is 0 Å². The summed E-state index contributed by atoms with van der Waals surface area (Å²) in [6.45, 7) is 15.8. The third kappa shape index (κ3) is 10.7. The summed E-state index contributed by atoms with van der Waals surface area (Å²) in [7, 11) is 0. The van der Waals surface area contributed by atoms with Gasteiger partial charge in [-0.1, -0.05) is 63.5 Å². The average molecular weight is 246 g/mol. The normalized spacial score (nSPS) is 12.2. The minimum absolute atomic E-state index is 0.546. The topological polar surface area (TPSA) is 9.23 Å². The Morgan fingerprint density at radius 1 is 1.06 bits per heavy atom. The van der Waals surface area contributed by atoms with Gasteiger partial charge in [-0.25, -0.2) is 0 Å². The van der Waals surface area contributed by atoms with Gasteiger partial charge in [0.25, 0.3) is 0 Å². The Balaban J connectivity index is 0. The molecule has 100 valence electrons. The zero-order valence-corrected chi connectivity index (χ0v) is 12.1. The van der Waals surface area contributed by atoms with Gasteiger partial charge in [-0.15, -0.1) is 0 Å². The molecule has 1 nitrogen and oxygen atoms in total. The van der Waals surface area contributed by atoms with Crippen molar-refractivity contribution in [2.75, 3.05) is 6.61 Å². The minimum Gasteiger partial charge on any atom is -0.489 e. The molecule has 0 aromatic carbocycles. The van der Waals surface area contributed by atoms with E-state index in [1.807, 2.05) is 64.2 Å². The molecule has 0 atom stereocenters. The molecule has 0 N–H and O–H groups in total. The summed E-state index contributed by atoms with van der Waals surface area (Å²) in [5.41, 5.74) is 1.11. The first-order valence-corrected chi connectivity index (χ1v) is 6.31. The summed E-state index contributed by atoms with van der Waals surface area (Å²) in [5.74, 6) is 0.809. The fourth-order valence-corrected chi connectivity index (χ4v) is 1.02. The molecule has 0 aliphatic carbocycles. The van der Waals surface area contributed by atoms with Crippen LogP contribution < -0.4 is 0 Å². The fraction of sp³-hybridized carbons (Fsp3) is 0.294. The number of allylic oxidation sites excluding steroid dienone is 7. The van der Waals surface area contributed by atoms with Gasteiger partial charge < -0.3 is 4.74 Å². The largest absolute Gasteiger partial charge is 0.489 e. The predicted octanol–water partition coefficient (Wildman–Crippen LogP) is 5.36. The lowest BCUT2D eigenvalue weighted by molar-refractivity contribution is 0.255. The number of hydrogen-bond acceptors (Lipinski definition) is 1. The molecule has 0 unspecified atom stereocenters. The summed E-state index contributed by atoms with van der Waals surface area (Å²) in [5, 5.41) is 0. The fourth-order valence-electron chi connectivity index (χ4n) is 1.02. The lowest BCUT2D eigenvalue weighted by Gasteiger charge is -2.06. The molecule has 0 radical (unpaired) electrons. The molecule has 0 heterocycles. The number of hydrogen-bond donors (Lipinski definition) is 0. The van der Waals surface area contributed by atoms with E-state index in [-0.39, 0.29) is 0 Å². The standard InChI is InChI=1S/C15H20O.C2H6/c1-5-9-12-14(8-4)13-16-15(10-6-2)11-7-3;1-2/h5-12H,1-2,13H2,3-4H3;1-2H3/b11-7-,12-9-,14-8+,15-10+;. The van der Waals surface area contributed by atoms with Crippen molar-refractivity contribution in [3.8, 4) is 0 Å². The Labute approximate surface area is 113 Å². The first-order valence-electron chi connectivity index (χ1n) is 6.31. The maximum atomic E-state index is 5.62. The van der Waals surface area contributed by atoms with E-state index in [0.717, 1.165) is 11.3 Å². The van der Waals surface area contributed by atoms with Gasteiger partial charge in [0.15, 0.2) is 0 Å². The Kier molecular flexibility index (Phi) is 15.7. The molecule has 0 aromatic heterocycles. The number of rotatable bonds is 7. The lowest BCUT2D eigenvalue weighted by atomic mass is 10.2. The molecule has 0 saturated heterocycles. The van der Waals surface area contributed by atoms with E-state index < -0.39 is 0 Å². The third-order valence-corrected chi connectivity index (χ3v) is 1.84. The van der Waals surface area contributed by atoms with Crippen LogP contribution in [0.15, 0.2) is 73.1 Å². The molecule has 0 aliphatic rings. The summed E-state index contributed by atoms with van der Waals surface area (Å²) in [6, 6.07) is 0. The van der Waals surface area contributed by atoms with Crippen molar-refractivity contribution in [2.45, 2.75) is 27.7 Å². The third-order valence-electron chi connectivity index (χ3n) is 1.84. The molecule has 0 fully saturated rings. The van der Waals surface area contributed by atoms with Gasteiger partial charge in [0, 0.05) is 0 Å². The Bertz CT molecular complexity index is 328.